The summed E-state index contributed by atoms with van der Waals surface area (Å²) in [6.07, 6.45) is 16.5. The summed E-state index contributed by atoms with van der Waals surface area (Å²) in [7, 11) is 0. The van der Waals surface area contributed by atoms with Gasteiger partial charge in [0.05, 0.1) is 12.6 Å². The van der Waals surface area contributed by atoms with Crippen LogP contribution in [0.25, 0.3) is 0 Å². The van der Waals surface area contributed by atoms with Gasteiger partial charge in [0.25, 0.3) is 0 Å². The normalized spacial score (nSPS) is 19.2. The molecule has 0 aliphatic heterocycles. The van der Waals surface area contributed by atoms with Crippen molar-refractivity contribution in [3.63, 3.8) is 0 Å². The molecule has 0 aromatic carbocycles. The quantitative estimate of drug-likeness (QED) is 0.375. The number of hydrogen-bond acceptors (Lipinski definition) is 6. The van der Waals surface area contributed by atoms with Gasteiger partial charge >= 0.3 is 35.5 Å². The van der Waals surface area contributed by atoms with Crippen molar-refractivity contribution >= 4 is 24.3 Å². The van der Waals surface area contributed by atoms with Crippen LogP contribution < -0.4 is 46.1 Å². The summed E-state index contributed by atoms with van der Waals surface area (Å²) < 4.78 is 4.88. The molecule has 2 atom stereocenters. The van der Waals surface area contributed by atoms with Crippen LogP contribution in [0.4, 0.5) is 0 Å². The van der Waals surface area contributed by atoms with Gasteiger partial charge in [0.1, 0.15) is 6.04 Å². The number of carbonyl (C=O) groups is 2. The average molecular weight is 457 g/mol. The molecule has 0 bridgehead atoms. The van der Waals surface area contributed by atoms with E-state index in [1.807, 2.05) is 6.92 Å². The standard InChI is InChI=1S/C12H23NO2.C10H19NO2.ClH.Na/c1-2-15-12(14)11(13)9-8-10-6-4-3-5-7-10;11-9(10(12)13)7-6-8-4-2-1-3-5-8;;/h10-11H,2-9,13H2,1H3;8-9H,1-7,11H2,(H,12,13);1H;/q;;;+1/p-1/t11-;9-;;/m11../s1. The van der Waals surface area contributed by atoms with Gasteiger partial charge in [0.15, 0.2) is 0 Å². The third-order valence-corrected chi connectivity index (χ3v) is 6.11. The summed E-state index contributed by atoms with van der Waals surface area (Å²) in [5.74, 6) is 0.141. The van der Waals surface area contributed by atoms with Crippen molar-refractivity contribution in [1.29, 1.82) is 0 Å². The van der Waals surface area contributed by atoms with Crippen LogP contribution in [-0.4, -0.2) is 30.6 Å². The third-order valence-electron chi connectivity index (χ3n) is 6.11. The van der Waals surface area contributed by atoms with Gasteiger partial charge < -0.3 is 26.1 Å². The first-order valence-electron chi connectivity index (χ1n) is 11.3. The molecule has 0 unspecified atom stereocenters. The zero-order valence-corrected chi connectivity index (χ0v) is 21.9. The molecule has 4 N–H and O–H groups in total. The van der Waals surface area contributed by atoms with E-state index >= 15 is 0 Å². The molecule has 8 heteroatoms. The van der Waals surface area contributed by atoms with Crippen molar-refractivity contribution in [2.24, 2.45) is 23.3 Å². The first-order chi connectivity index (χ1) is 13.4. The fraction of sp³-hybridized carbons (Fsp3) is 0.909. The maximum atomic E-state index is 11.3. The number of carbonyl (C=O) groups excluding carboxylic acids is 2. The van der Waals surface area contributed by atoms with E-state index in [2.05, 4.69) is 0 Å². The number of halogens is 1. The monoisotopic (exact) mass is 456 g/mol. The minimum absolute atomic E-state index is 0. The average Bonchev–Trinajstić information content (AvgIpc) is 2.72. The molecule has 0 radical (unpaired) electrons. The van der Waals surface area contributed by atoms with Crippen LogP contribution in [0.15, 0.2) is 0 Å². The van der Waals surface area contributed by atoms with Gasteiger partial charge in [-0.25, -0.2) is 0 Å². The molecule has 0 aromatic heterocycles. The zero-order chi connectivity index (χ0) is 20.8. The van der Waals surface area contributed by atoms with Crippen molar-refractivity contribution in [2.75, 3.05) is 6.61 Å². The number of nitrogens with two attached hydrogens (primary N) is 2. The molecule has 2 rings (SSSR count). The molecule has 0 heterocycles. The molecule has 6 nitrogen and oxygen atoms in total. The van der Waals surface area contributed by atoms with Gasteiger partial charge in [-0.1, -0.05) is 64.2 Å². The van der Waals surface area contributed by atoms with Gasteiger partial charge in [-0.2, -0.15) is 0 Å². The second-order valence-electron chi connectivity index (χ2n) is 8.45. The fourth-order valence-corrected chi connectivity index (χ4v) is 4.27. The van der Waals surface area contributed by atoms with E-state index in [0.717, 1.165) is 25.2 Å². The predicted octanol–water partition coefficient (Wildman–Crippen LogP) is 0.0872. The summed E-state index contributed by atoms with van der Waals surface area (Å²) in [4.78, 5) is 21.6. The van der Waals surface area contributed by atoms with E-state index in [4.69, 9.17) is 16.2 Å². The molecule has 2 aliphatic rings. The first-order valence-corrected chi connectivity index (χ1v) is 11.3. The van der Waals surface area contributed by atoms with Crippen LogP contribution in [0, 0.1) is 11.8 Å². The van der Waals surface area contributed by atoms with Crippen molar-refractivity contribution in [3.05, 3.63) is 0 Å². The summed E-state index contributed by atoms with van der Waals surface area (Å²) in [5, 5.41) is 10.3. The van der Waals surface area contributed by atoms with Crippen molar-refractivity contribution in [3.8, 4) is 0 Å². The smallest absolute Gasteiger partial charge is 0.548 e. The maximum Gasteiger partial charge on any atom is 1.00 e. The van der Waals surface area contributed by atoms with E-state index in [-0.39, 0.29) is 47.9 Å². The van der Waals surface area contributed by atoms with Gasteiger partial charge in [-0.3, -0.25) is 4.79 Å². The number of rotatable bonds is 9. The third kappa shape index (κ3) is 15.0. The van der Waals surface area contributed by atoms with Crippen LogP contribution in [0.1, 0.15) is 96.8 Å². The Balaban J connectivity index is 0. The van der Waals surface area contributed by atoms with Crippen LogP contribution in [0.2, 0.25) is 0 Å². The Bertz CT molecular complexity index is 445. The van der Waals surface area contributed by atoms with Gasteiger partial charge in [0.2, 0.25) is 0 Å². The largest absolute Gasteiger partial charge is 1.00 e. The first kappa shape index (κ1) is 32.3. The number of aliphatic carboxylic acids is 1. The summed E-state index contributed by atoms with van der Waals surface area (Å²) in [6, 6.07) is -1.17. The molecular formula is C22H42ClN2NaO4. The number of esters is 1. The van der Waals surface area contributed by atoms with Crippen molar-refractivity contribution < 1.29 is 49.0 Å². The maximum absolute atomic E-state index is 11.3. The SMILES string of the molecule is CCOC(=O)[C@H](N)CCC1CCCCC1.Cl.N[C@H](CCC1CCCCC1)C(=O)[O-].[Na+]. The molecular weight excluding hydrogens is 415 g/mol. The van der Waals surface area contributed by atoms with E-state index < -0.39 is 18.1 Å². The molecule has 0 aromatic rings. The van der Waals surface area contributed by atoms with Gasteiger partial charge in [-0.05, 0) is 44.4 Å². The second-order valence-corrected chi connectivity index (χ2v) is 8.45. The van der Waals surface area contributed by atoms with Crippen LogP contribution >= 0.6 is 12.4 Å². The summed E-state index contributed by atoms with van der Waals surface area (Å²) in [6.45, 7) is 2.24. The molecule has 2 aliphatic carbocycles. The van der Waals surface area contributed by atoms with E-state index in [9.17, 15) is 14.7 Å². The minimum atomic E-state index is -1.11. The van der Waals surface area contributed by atoms with E-state index in [1.165, 1.54) is 64.2 Å². The molecule has 2 saturated carbocycles. The molecule has 0 saturated heterocycles. The number of hydrogen-bond donors (Lipinski definition) is 2. The molecule has 30 heavy (non-hydrogen) atoms. The summed E-state index contributed by atoms with van der Waals surface area (Å²) in [5.41, 5.74) is 11.1. The predicted molar refractivity (Wildman–Crippen MR) is 116 cm³/mol. The Morgan fingerprint density at radius 2 is 1.27 bits per heavy atom. The Morgan fingerprint density at radius 3 is 1.63 bits per heavy atom. The van der Waals surface area contributed by atoms with Crippen LogP contribution in [0.3, 0.4) is 0 Å². The Labute approximate surface area is 211 Å². The van der Waals surface area contributed by atoms with Gasteiger partial charge in [0, 0.05) is 6.04 Å². The molecule has 2 fully saturated rings. The summed E-state index contributed by atoms with van der Waals surface area (Å²) >= 11 is 0. The Hall–Kier alpha value is 0.150. The number of carboxylic acids is 1. The zero-order valence-electron chi connectivity index (χ0n) is 19.1. The van der Waals surface area contributed by atoms with Crippen LogP contribution in [0.5, 0.6) is 0 Å². The van der Waals surface area contributed by atoms with Crippen molar-refractivity contribution in [2.45, 2.75) is 109 Å². The topological polar surface area (TPSA) is 118 Å². The molecule has 0 spiro atoms. The molecule has 172 valence electrons. The van der Waals surface area contributed by atoms with Crippen molar-refractivity contribution in [1.82, 2.24) is 0 Å². The van der Waals surface area contributed by atoms with Crippen LogP contribution in [-0.2, 0) is 14.3 Å². The number of carboxylic acid groups (broad SMARTS) is 1. The minimum Gasteiger partial charge on any atom is -0.548 e. The Morgan fingerprint density at radius 1 is 0.867 bits per heavy atom. The molecule has 0 amide bonds. The fourth-order valence-electron chi connectivity index (χ4n) is 4.27. The number of ether oxygens (including phenoxy) is 1. The van der Waals surface area contributed by atoms with E-state index in [0.29, 0.717) is 18.9 Å². The Kier molecular flexibility index (Phi) is 21.3. The second kappa shape index (κ2) is 19.8. The van der Waals surface area contributed by atoms with Gasteiger partial charge in [-0.15, -0.1) is 12.4 Å². The van der Waals surface area contributed by atoms with E-state index in [1.54, 1.807) is 0 Å².